The summed E-state index contributed by atoms with van der Waals surface area (Å²) in [5.74, 6) is -2.47. The molecule has 0 bridgehead atoms. The molecule has 0 radical (unpaired) electrons. The molecule has 72 valence electrons. The highest BCUT2D eigenvalue weighted by Crippen LogP contribution is 2.04. The van der Waals surface area contributed by atoms with E-state index in [1.54, 1.807) is 0 Å². The molecule has 7 nitrogen and oxygen atoms in total. The van der Waals surface area contributed by atoms with E-state index >= 15 is 0 Å². The lowest BCUT2D eigenvalue weighted by Gasteiger charge is -2.25. The predicted molar refractivity (Wildman–Crippen MR) is 39.1 cm³/mol. The first-order chi connectivity index (χ1) is 6.00. The van der Waals surface area contributed by atoms with E-state index in [4.69, 9.17) is 10.2 Å². The molecule has 0 aliphatic carbocycles. The number of carbonyl (C=O) groups is 3. The highest BCUT2D eigenvalue weighted by molar-refractivity contribution is 5.89. The number of urea groups is 1. The molecule has 0 aromatic rings. The molecule has 1 saturated heterocycles. The third-order valence-corrected chi connectivity index (χ3v) is 1.68. The molecule has 1 rings (SSSR count). The van der Waals surface area contributed by atoms with Gasteiger partial charge in [0.25, 0.3) is 0 Å². The largest absolute Gasteiger partial charge is 0.480 e. The van der Waals surface area contributed by atoms with E-state index in [0.29, 0.717) is 0 Å². The number of hydrogen-bond acceptors (Lipinski definition) is 3. The Morgan fingerprint density at radius 1 is 1.15 bits per heavy atom. The average molecular weight is 188 g/mol. The number of carboxylic acids is 2. The zero-order chi connectivity index (χ0) is 10.0. The Bertz CT molecular complexity index is 240. The fourth-order valence-electron chi connectivity index (χ4n) is 1.04. The van der Waals surface area contributed by atoms with Gasteiger partial charge in [-0.15, -0.1) is 0 Å². The monoisotopic (exact) mass is 188 g/mol. The minimum Gasteiger partial charge on any atom is -0.480 e. The van der Waals surface area contributed by atoms with Crippen LogP contribution in [0.4, 0.5) is 4.79 Å². The van der Waals surface area contributed by atoms with Gasteiger partial charge in [-0.05, 0) is 0 Å². The van der Waals surface area contributed by atoms with E-state index in [0.717, 1.165) is 0 Å². The summed E-state index contributed by atoms with van der Waals surface area (Å²) in [6.45, 7) is 0. The molecule has 2 amide bonds. The molecule has 7 heteroatoms. The van der Waals surface area contributed by atoms with Crippen LogP contribution >= 0.6 is 0 Å². The SMILES string of the molecule is O=C1N[C@H](C(=O)O)C[C@H](C(=O)O)N1. The molecule has 1 fully saturated rings. The summed E-state index contributed by atoms with van der Waals surface area (Å²) in [6.07, 6.45) is -0.156. The Morgan fingerprint density at radius 3 is 1.85 bits per heavy atom. The number of rotatable bonds is 2. The standard InChI is InChI=1S/C6H8N2O5/c9-4(10)2-1-3(5(11)12)8-6(13)7-2/h2-3H,1H2,(H,9,10)(H,11,12)(H2,7,8,13)/t2-,3+. The maximum Gasteiger partial charge on any atom is 0.326 e. The smallest absolute Gasteiger partial charge is 0.326 e. The van der Waals surface area contributed by atoms with Crippen molar-refractivity contribution in [3.05, 3.63) is 0 Å². The van der Waals surface area contributed by atoms with Gasteiger partial charge in [0.1, 0.15) is 12.1 Å². The van der Waals surface area contributed by atoms with Gasteiger partial charge in [-0.25, -0.2) is 14.4 Å². The van der Waals surface area contributed by atoms with Crippen molar-refractivity contribution in [2.24, 2.45) is 0 Å². The first-order valence-electron chi connectivity index (χ1n) is 3.53. The van der Waals surface area contributed by atoms with Crippen molar-refractivity contribution >= 4 is 18.0 Å². The van der Waals surface area contributed by atoms with Crippen molar-refractivity contribution in [1.82, 2.24) is 10.6 Å². The normalized spacial score (nSPS) is 27.2. The topological polar surface area (TPSA) is 116 Å². The van der Waals surface area contributed by atoms with E-state index in [9.17, 15) is 14.4 Å². The maximum atomic E-state index is 10.7. The lowest BCUT2D eigenvalue weighted by atomic mass is 10.1. The molecular formula is C6H8N2O5. The van der Waals surface area contributed by atoms with Crippen LogP contribution in [-0.4, -0.2) is 40.3 Å². The van der Waals surface area contributed by atoms with Crippen LogP contribution in [0.15, 0.2) is 0 Å². The van der Waals surface area contributed by atoms with Gasteiger partial charge in [-0.1, -0.05) is 0 Å². The first kappa shape index (κ1) is 9.30. The van der Waals surface area contributed by atoms with Crippen LogP contribution < -0.4 is 10.6 Å². The third kappa shape index (κ3) is 2.08. The Kier molecular flexibility index (Phi) is 2.36. The summed E-state index contributed by atoms with van der Waals surface area (Å²) >= 11 is 0. The zero-order valence-electron chi connectivity index (χ0n) is 6.48. The average Bonchev–Trinajstić information content (AvgIpc) is 2.03. The van der Waals surface area contributed by atoms with E-state index in [2.05, 4.69) is 10.6 Å². The van der Waals surface area contributed by atoms with Crippen molar-refractivity contribution in [1.29, 1.82) is 0 Å². The lowest BCUT2D eigenvalue weighted by Crippen LogP contribution is -2.59. The molecule has 13 heavy (non-hydrogen) atoms. The van der Waals surface area contributed by atoms with Gasteiger partial charge in [0.15, 0.2) is 0 Å². The number of hydrogen-bond donors (Lipinski definition) is 4. The summed E-state index contributed by atoms with van der Waals surface area (Å²) < 4.78 is 0. The van der Waals surface area contributed by atoms with Gasteiger partial charge in [-0.3, -0.25) is 0 Å². The molecule has 1 aliphatic rings. The molecular weight excluding hydrogens is 180 g/mol. The second-order valence-corrected chi connectivity index (χ2v) is 2.64. The van der Waals surface area contributed by atoms with Gasteiger partial charge in [-0.2, -0.15) is 0 Å². The summed E-state index contributed by atoms with van der Waals surface area (Å²) in [6, 6.07) is -3.03. The van der Waals surface area contributed by atoms with Crippen LogP contribution in [0.3, 0.4) is 0 Å². The Morgan fingerprint density at radius 2 is 1.54 bits per heavy atom. The molecule has 0 aromatic heterocycles. The van der Waals surface area contributed by atoms with Crippen LogP contribution in [0.25, 0.3) is 0 Å². The molecule has 0 saturated carbocycles. The second kappa shape index (κ2) is 3.30. The van der Waals surface area contributed by atoms with Crippen LogP contribution in [0, 0.1) is 0 Å². The van der Waals surface area contributed by atoms with Gasteiger partial charge < -0.3 is 20.8 Å². The second-order valence-electron chi connectivity index (χ2n) is 2.64. The molecule has 2 atom stereocenters. The van der Waals surface area contributed by atoms with Crippen molar-refractivity contribution in [2.75, 3.05) is 0 Å². The summed E-state index contributed by atoms with van der Waals surface area (Å²) in [4.78, 5) is 31.6. The minimum atomic E-state index is -1.24. The van der Waals surface area contributed by atoms with Gasteiger partial charge in [0.2, 0.25) is 0 Å². The predicted octanol–water partition coefficient (Wildman–Crippen LogP) is -1.40. The van der Waals surface area contributed by atoms with E-state index in [1.807, 2.05) is 0 Å². The Hall–Kier alpha value is -1.79. The van der Waals surface area contributed by atoms with Crippen molar-refractivity contribution in [2.45, 2.75) is 18.5 Å². The first-order valence-corrected chi connectivity index (χ1v) is 3.53. The molecule has 0 aromatic carbocycles. The highest BCUT2D eigenvalue weighted by Gasteiger charge is 2.33. The molecule has 1 aliphatic heterocycles. The quantitative estimate of drug-likeness (QED) is 0.425. The van der Waals surface area contributed by atoms with Gasteiger partial charge in [0, 0.05) is 6.42 Å². The van der Waals surface area contributed by atoms with Crippen molar-refractivity contribution in [3.8, 4) is 0 Å². The number of carboxylic acid groups (broad SMARTS) is 2. The Balaban J connectivity index is 2.68. The molecule has 0 unspecified atom stereocenters. The highest BCUT2D eigenvalue weighted by atomic mass is 16.4. The molecule has 4 N–H and O–H groups in total. The summed E-state index contributed by atoms with van der Waals surface area (Å²) in [7, 11) is 0. The fourth-order valence-corrected chi connectivity index (χ4v) is 1.04. The lowest BCUT2D eigenvalue weighted by molar-refractivity contribution is -0.142. The van der Waals surface area contributed by atoms with Crippen LogP contribution in [0.5, 0.6) is 0 Å². The van der Waals surface area contributed by atoms with E-state index in [-0.39, 0.29) is 6.42 Å². The maximum absolute atomic E-state index is 10.7. The molecule has 1 heterocycles. The fraction of sp³-hybridized carbons (Fsp3) is 0.500. The van der Waals surface area contributed by atoms with E-state index in [1.165, 1.54) is 0 Å². The minimum absolute atomic E-state index is 0.156. The van der Waals surface area contributed by atoms with Gasteiger partial charge in [0.05, 0.1) is 0 Å². The van der Waals surface area contributed by atoms with Crippen LogP contribution in [-0.2, 0) is 9.59 Å². The Labute approximate surface area is 72.7 Å². The van der Waals surface area contributed by atoms with Crippen molar-refractivity contribution in [3.63, 3.8) is 0 Å². The molecule has 0 spiro atoms. The number of amides is 2. The van der Waals surface area contributed by atoms with Crippen LogP contribution in [0.2, 0.25) is 0 Å². The zero-order valence-corrected chi connectivity index (χ0v) is 6.48. The number of nitrogens with one attached hydrogen (secondary N) is 2. The number of carbonyl (C=O) groups excluding carboxylic acids is 1. The van der Waals surface area contributed by atoms with E-state index < -0.39 is 30.1 Å². The van der Waals surface area contributed by atoms with Gasteiger partial charge >= 0.3 is 18.0 Å². The number of aliphatic carboxylic acids is 2. The third-order valence-electron chi connectivity index (χ3n) is 1.68. The van der Waals surface area contributed by atoms with Crippen molar-refractivity contribution < 1.29 is 24.6 Å². The summed E-state index contributed by atoms with van der Waals surface area (Å²) in [5, 5.41) is 21.2. The summed E-state index contributed by atoms with van der Waals surface area (Å²) in [5.41, 5.74) is 0. The van der Waals surface area contributed by atoms with Crippen LogP contribution in [0.1, 0.15) is 6.42 Å².